The topological polar surface area (TPSA) is 38.7 Å². The standard InChI is InChI=1S/C33H52O3Si2/c1-27(19-18-26-35-37(9,10)32(3,4)5)31(34)25-17-20-28(2)36-38(33(6,7)8,29-21-13-11-14-22-29)30-23-15-12-16-24-30/h11-16,21-24,27-28,31,34H,18-20,26H2,1-10H3/t27-,28-,31?/m0/s1. The summed E-state index contributed by atoms with van der Waals surface area (Å²) in [5.74, 6) is 6.47. The summed E-state index contributed by atoms with van der Waals surface area (Å²) in [6.07, 6.45) is 1.73. The molecule has 1 unspecified atom stereocenters. The van der Waals surface area contributed by atoms with E-state index < -0.39 is 22.7 Å². The van der Waals surface area contributed by atoms with Gasteiger partial charge in [-0.2, -0.15) is 0 Å². The van der Waals surface area contributed by atoms with Crippen LogP contribution in [0.15, 0.2) is 60.7 Å². The summed E-state index contributed by atoms with van der Waals surface area (Å²) in [7, 11) is -4.32. The van der Waals surface area contributed by atoms with Crippen molar-refractivity contribution < 1.29 is 14.0 Å². The van der Waals surface area contributed by atoms with Crippen LogP contribution in [-0.2, 0) is 8.85 Å². The lowest BCUT2D eigenvalue weighted by Crippen LogP contribution is -2.67. The van der Waals surface area contributed by atoms with Crippen LogP contribution in [0.5, 0.6) is 0 Å². The predicted octanol–water partition coefficient (Wildman–Crippen LogP) is 7.14. The largest absolute Gasteiger partial charge is 0.417 e. The fourth-order valence-electron chi connectivity index (χ4n) is 4.59. The number of benzene rings is 2. The van der Waals surface area contributed by atoms with Gasteiger partial charge >= 0.3 is 0 Å². The molecule has 2 rings (SSSR count). The molecule has 0 aromatic heterocycles. The molecule has 0 amide bonds. The number of aliphatic hydroxyl groups is 1. The zero-order chi connectivity index (χ0) is 28.6. The van der Waals surface area contributed by atoms with Gasteiger partial charge in [0.05, 0.1) is 6.10 Å². The maximum Gasteiger partial charge on any atom is 0.261 e. The minimum atomic E-state index is -2.60. The van der Waals surface area contributed by atoms with Crippen LogP contribution < -0.4 is 10.4 Å². The molecule has 0 saturated heterocycles. The van der Waals surface area contributed by atoms with Gasteiger partial charge < -0.3 is 14.0 Å². The molecule has 0 aliphatic rings. The number of hydrogen-bond acceptors (Lipinski definition) is 3. The van der Waals surface area contributed by atoms with Gasteiger partial charge in [-0.25, -0.2) is 0 Å². The quantitative estimate of drug-likeness (QED) is 0.183. The second-order valence-electron chi connectivity index (χ2n) is 13.3. The molecule has 0 saturated carbocycles. The van der Waals surface area contributed by atoms with E-state index in [4.69, 9.17) is 8.85 Å². The van der Waals surface area contributed by atoms with Crippen LogP contribution in [-0.4, -0.2) is 40.6 Å². The van der Waals surface area contributed by atoms with E-state index >= 15 is 0 Å². The van der Waals surface area contributed by atoms with Crippen molar-refractivity contribution in [2.45, 2.75) is 110 Å². The Kier molecular flexibility index (Phi) is 11.6. The average Bonchev–Trinajstić information content (AvgIpc) is 2.84. The van der Waals surface area contributed by atoms with E-state index in [-0.39, 0.29) is 22.1 Å². The molecule has 2 aromatic rings. The van der Waals surface area contributed by atoms with E-state index in [9.17, 15) is 5.11 Å². The van der Waals surface area contributed by atoms with Crippen molar-refractivity contribution in [2.75, 3.05) is 6.61 Å². The van der Waals surface area contributed by atoms with E-state index in [1.807, 2.05) is 0 Å². The van der Waals surface area contributed by atoms with Crippen molar-refractivity contribution >= 4 is 27.0 Å². The molecule has 2 aromatic carbocycles. The summed E-state index contributed by atoms with van der Waals surface area (Å²) in [6, 6.07) is 21.4. The van der Waals surface area contributed by atoms with E-state index in [0.29, 0.717) is 6.42 Å². The Morgan fingerprint density at radius 1 is 0.816 bits per heavy atom. The molecular weight excluding hydrogens is 501 g/mol. The first-order valence-electron chi connectivity index (χ1n) is 14.2. The normalized spacial score (nSPS) is 15.3. The van der Waals surface area contributed by atoms with Crippen LogP contribution >= 0.6 is 0 Å². The second kappa shape index (κ2) is 13.6. The Morgan fingerprint density at radius 3 is 1.76 bits per heavy atom. The highest BCUT2D eigenvalue weighted by atomic mass is 28.4. The van der Waals surface area contributed by atoms with Gasteiger partial charge in [-0.15, -0.1) is 0 Å². The Morgan fingerprint density at radius 2 is 1.32 bits per heavy atom. The van der Waals surface area contributed by atoms with Crippen LogP contribution in [0.3, 0.4) is 0 Å². The monoisotopic (exact) mass is 552 g/mol. The van der Waals surface area contributed by atoms with E-state index in [1.165, 1.54) is 10.4 Å². The Hall–Kier alpha value is -1.69. The second-order valence-corrected chi connectivity index (χ2v) is 22.4. The number of hydrogen-bond donors (Lipinski definition) is 1. The van der Waals surface area contributed by atoms with E-state index in [0.717, 1.165) is 19.4 Å². The average molecular weight is 553 g/mol. The molecule has 0 spiro atoms. The third-order valence-corrected chi connectivity index (χ3v) is 17.7. The van der Waals surface area contributed by atoms with Crippen LogP contribution in [0, 0.1) is 17.8 Å². The minimum Gasteiger partial charge on any atom is -0.417 e. The Balaban J connectivity index is 2.06. The van der Waals surface area contributed by atoms with Crippen molar-refractivity contribution in [1.29, 1.82) is 0 Å². The van der Waals surface area contributed by atoms with Gasteiger partial charge in [0.25, 0.3) is 8.32 Å². The van der Waals surface area contributed by atoms with Crippen molar-refractivity contribution in [1.82, 2.24) is 0 Å². The van der Waals surface area contributed by atoms with Crippen molar-refractivity contribution in [2.24, 2.45) is 5.92 Å². The van der Waals surface area contributed by atoms with Gasteiger partial charge in [0.15, 0.2) is 8.32 Å². The number of rotatable bonds is 11. The zero-order valence-electron chi connectivity index (χ0n) is 25.6. The van der Waals surface area contributed by atoms with Crippen molar-refractivity contribution in [3.05, 3.63) is 60.7 Å². The third kappa shape index (κ3) is 8.40. The molecule has 38 heavy (non-hydrogen) atoms. The lowest BCUT2D eigenvalue weighted by molar-refractivity contribution is 0.157. The summed E-state index contributed by atoms with van der Waals surface area (Å²) in [5.41, 5.74) is 0. The smallest absolute Gasteiger partial charge is 0.261 e. The first kappa shape index (κ1) is 32.5. The SMILES string of the molecule is C[C@@H](CC#CC(O)[C@@H](C)CCCO[Si](C)(C)C(C)(C)C)O[Si](c1ccccc1)(c1ccccc1)C(C)(C)C. The van der Waals surface area contributed by atoms with E-state index in [2.05, 4.69) is 141 Å². The maximum atomic E-state index is 10.7. The summed E-state index contributed by atoms with van der Waals surface area (Å²) in [5, 5.41) is 13.4. The van der Waals surface area contributed by atoms with Gasteiger partial charge in [0.2, 0.25) is 0 Å². The number of aliphatic hydroxyl groups excluding tert-OH is 1. The van der Waals surface area contributed by atoms with Gasteiger partial charge in [0, 0.05) is 13.0 Å². The minimum absolute atomic E-state index is 0.0608. The Labute approximate surface area is 235 Å². The van der Waals surface area contributed by atoms with Gasteiger partial charge in [0.1, 0.15) is 6.10 Å². The predicted molar refractivity (Wildman–Crippen MR) is 168 cm³/mol. The molecule has 0 bridgehead atoms. The van der Waals surface area contributed by atoms with Gasteiger partial charge in [-0.05, 0) is 59.2 Å². The molecule has 3 atom stereocenters. The third-order valence-electron chi connectivity index (χ3n) is 8.05. The molecule has 210 valence electrons. The van der Waals surface area contributed by atoms with Gasteiger partial charge in [-0.3, -0.25) is 0 Å². The molecule has 0 heterocycles. The summed E-state index contributed by atoms with van der Waals surface area (Å²) >= 11 is 0. The van der Waals surface area contributed by atoms with Crippen molar-refractivity contribution in [3.8, 4) is 11.8 Å². The molecule has 0 fully saturated rings. The molecule has 1 N–H and O–H groups in total. The summed E-state index contributed by atoms with van der Waals surface area (Å²) in [6.45, 7) is 23.2. The molecule has 0 radical (unpaired) electrons. The summed E-state index contributed by atoms with van der Waals surface area (Å²) < 4.78 is 13.4. The molecule has 0 aliphatic heterocycles. The first-order chi connectivity index (χ1) is 17.6. The summed E-state index contributed by atoms with van der Waals surface area (Å²) in [4.78, 5) is 0. The lowest BCUT2D eigenvalue weighted by Gasteiger charge is -2.44. The highest BCUT2D eigenvalue weighted by Crippen LogP contribution is 2.38. The molecular formula is C33H52O3Si2. The molecule has 0 aliphatic carbocycles. The Bertz CT molecular complexity index is 988. The highest BCUT2D eigenvalue weighted by Gasteiger charge is 2.50. The van der Waals surface area contributed by atoms with Crippen molar-refractivity contribution in [3.63, 3.8) is 0 Å². The van der Waals surface area contributed by atoms with E-state index in [1.54, 1.807) is 0 Å². The van der Waals surface area contributed by atoms with Crippen LogP contribution in [0.1, 0.15) is 74.7 Å². The molecule has 5 heteroatoms. The van der Waals surface area contributed by atoms with Gasteiger partial charge in [-0.1, -0.05) is 121 Å². The zero-order valence-corrected chi connectivity index (χ0v) is 27.6. The van der Waals surface area contributed by atoms with Crippen LogP contribution in [0.25, 0.3) is 0 Å². The highest BCUT2D eigenvalue weighted by molar-refractivity contribution is 6.99. The fraction of sp³-hybridized carbons (Fsp3) is 0.576. The fourth-order valence-corrected chi connectivity index (χ4v) is 10.4. The molecule has 3 nitrogen and oxygen atoms in total. The lowest BCUT2D eigenvalue weighted by atomic mass is 9.99. The maximum absolute atomic E-state index is 10.7. The first-order valence-corrected chi connectivity index (χ1v) is 19.0. The van der Waals surface area contributed by atoms with Crippen LogP contribution in [0.4, 0.5) is 0 Å². The van der Waals surface area contributed by atoms with Crippen LogP contribution in [0.2, 0.25) is 23.2 Å².